The zero-order chi connectivity index (χ0) is 14.4. The maximum atomic E-state index is 11.9. The first-order chi connectivity index (χ1) is 8.93. The van der Waals surface area contributed by atoms with Crippen LogP contribution in [0.1, 0.15) is 19.4 Å². The summed E-state index contributed by atoms with van der Waals surface area (Å²) in [4.78, 5) is 24.0. The second kappa shape index (κ2) is 6.89. The number of nitrogens with zero attached hydrogens (tertiary/aromatic N) is 1. The minimum absolute atomic E-state index is 0.163. The molecule has 2 N–H and O–H groups in total. The number of aryl methyl sites for hydroxylation is 1. The van der Waals surface area contributed by atoms with E-state index in [-0.39, 0.29) is 12.5 Å². The lowest BCUT2D eigenvalue weighted by Gasteiger charge is -2.21. The van der Waals surface area contributed by atoms with E-state index in [0.717, 1.165) is 12.1 Å². The van der Waals surface area contributed by atoms with Crippen molar-refractivity contribution >= 4 is 17.6 Å². The molecule has 0 aliphatic carbocycles. The number of carbonyl (C=O) groups excluding carboxylic acids is 1. The van der Waals surface area contributed by atoms with E-state index in [2.05, 4.69) is 12.2 Å². The van der Waals surface area contributed by atoms with Crippen LogP contribution in [0.25, 0.3) is 0 Å². The zero-order valence-electron chi connectivity index (χ0n) is 11.5. The highest BCUT2D eigenvalue weighted by Gasteiger charge is 2.19. The average molecular weight is 264 g/mol. The molecule has 0 fully saturated rings. The molecule has 1 atom stereocenters. The Balaban J connectivity index is 2.60. The number of carboxylic acids is 1. The summed E-state index contributed by atoms with van der Waals surface area (Å²) >= 11 is 0. The van der Waals surface area contributed by atoms with Gasteiger partial charge in [-0.1, -0.05) is 19.1 Å². The number of carbonyl (C=O) groups is 2. The van der Waals surface area contributed by atoms with E-state index < -0.39 is 12.0 Å². The smallest absolute Gasteiger partial charge is 0.317 e. The van der Waals surface area contributed by atoms with Crippen LogP contribution in [0.5, 0.6) is 0 Å². The summed E-state index contributed by atoms with van der Waals surface area (Å²) in [6.45, 7) is 3.58. The van der Waals surface area contributed by atoms with E-state index in [9.17, 15) is 9.59 Å². The third-order valence-corrected chi connectivity index (χ3v) is 3.05. The highest BCUT2D eigenvalue weighted by molar-refractivity contribution is 5.94. The number of hydrogen-bond acceptors (Lipinski definition) is 3. The van der Waals surface area contributed by atoms with Crippen LogP contribution in [0, 0.1) is 0 Å². The van der Waals surface area contributed by atoms with Crippen LogP contribution in [-0.4, -0.2) is 41.5 Å². The zero-order valence-corrected chi connectivity index (χ0v) is 11.5. The SMILES string of the molecule is CCc1ccc(NC(=O)C(C)N(C)CC(=O)O)cc1. The van der Waals surface area contributed by atoms with E-state index in [0.29, 0.717) is 0 Å². The van der Waals surface area contributed by atoms with Gasteiger partial charge in [-0.05, 0) is 38.1 Å². The highest BCUT2D eigenvalue weighted by Crippen LogP contribution is 2.11. The minimum atomic E-state index is -0.950. The second-order valence-corrected chi connectivity index (χ2v) is 4.52. The van der Waals surface area contributed by atoms with Crippen LogP contribution in [0.15, 0.2) is 24.3 Å². The molecular formula is C14H20N2O3. The number of anilines is 1. The molecule has 0 heterocycles. The first-order valence-electron chi connectivity index (χ1n) is 6.26. The van der Waals surface area contributed by atoms with E-state index in [1.165, 1.54) is 10.5 Å². The topological polar surface area (TPSA) is 69.6 Å². The monoisotopic (exact) mass is 264 g/mol. The van der Waals surface area contributed by atoms with Gasteiger partial charge in [-0.2, -0.15) is 0 Å². The molecule has 1 amide bonds. The van der Waals surface area contributed by atoms with Crippen molar-refractivity contribution in [2.24, 2.45) is 0 Å². The predicted molar refractivity (Wildman–Crippen MR) is 74.2 cm³/mol. The van der Waals surface area contributed by atoms with Crippen molar-refractivity contribution in [3.8, 4) is 0 Å². The molecule has 0 saturated heterocycles. The predicted octanol–water partition coefficient (Wildman–Crippen LogP) is 1.59. The van der Waals surface area contributed by atoms with Crippen LogP contribution >= 0.6 is 0 Å². The molecule has 5 nitrogen and oxygen atoms in total. The summed E-state index contributed by atoms with van der Waals surface area (Å²) in [6.07, 6.45) is 0.950. The van der Waals surface area contributed by atoms with Crippen LogP contribution in [0.2, 0.25) is 0 Å². The van der Waals surface area contributed by atoms with Crippen molar-refractivity contribution < 1.29 is 14.7 Å². The van der Waals surface area contributed by atoms with Crippen LogP contribution in [0.3, 0.4) is 0 Å². The second-order valence-electron chi connectivity index (χ2n) is 4.52. The van der Waals surface area contributed by atoms with Gasteiger partial charge in [0.15, 0.2) is 0 Å². The van der Waals surface area contributed by atoms with E-state index in [1.807, 2.05) is 24.3 Å². The van der Waals surface area contributed by atoms with Gasteiger partial charge >= 0.3 is 5.97 Å². The Morgan fingerprint density at radius 2 is 1.89 bits per heavy atom. The van der Waals surface area contributed by atoms with Crippen molar-refractivity contribution in [1.82, 2.24) is 4.90 Å². The largest absolute Gasteiger partial charge is 0.480 e. The molecule has 0 aliphatic rings. The highest BCUT2D eigenvalue weighted by atomic mass is 16.4. The number of carboxylic acid groups (broad SMARTS) is 1. The summed E-state index contributed by atoms with van der Waals surface area (Å²) in [5.41, 5.74) is 1.92. The standard InChI is InChI=1S/C14H20N2O3/c1-4-11-5-7-12(8-6-11)15-14(19)10(2)16(3)9-13(17)18/h5-8,10H,4,9H2,1-3H3,(H,15,19)(H,17,18). The number of likely N-dealkylation sites (N-methyl/N-ethyl adjacent to an activating group) is 1. The lowest BCUT2D eigenvalue weighted by molar-refractivity contribution is -0.138. The van der Waals surface area contributed by atoms with Crippen molar-refractivity contribution in [3.05, 3.63) is 29.8 Å². The molecule has 19 heavy (non-hydrogen) atoms. The lowest BCUT2D eigenvalue weighted by atomic mass is 10.1. The molecule has 104 valence electrons. The van der Waals surface area contributed by atoms with Gasteiger partial charge < -0.3 is 10.4 Å². The van der Waals surface area contributed by atoms with Crippen molar-refractivity contribution in [1.29, 1.82) is 0 Å². The Kier molecular flexibility index (Phi) is 5.51. The summed E-state index contributed by atoms with van der Waals surface area (Å²) in [5, 5.41) is 11.5. The molecule has 0 spiro atoms. The molecule has 0 aliphatic heterocycles. The molecule has 1 aromatic carbocycles. The maximum Gasteiger partial charge on any atom is 0.317 e. The van der Waals surface area contributed by atoms with Gasteiger partial charge in [0, 0.05) is 5.69 Å². The van der Waals surface area contributed by atoms with Gasteiger partial charge in [0.25, 0.3) is 0 Å². The molecule has 1 unspecified atom stereocenters. The first kappa shape index (κ1) is 15.2. The summed E-state index contributed by atoms with van der Waals surface area (Å²) in [5.74, 6) is -1.16. The van der Waals surface area contributed by atoms with Gasteiger partial charge in [-0.25, -0.2) is 0 Å². The Hall–Kier alpha value is -1.88. The fourth-order valence-electron chi connectivity index (χ4n) is 1.62. The number of nitrogens with one attached hydrogen (secondary N) is 1. The van der Waals surface area contributed by atoms with Gasteiger partial charge in [0.1, 0.15) is 0 Å². The van der Waals surface area contributed by atoms with Crippen molar-refractivity contribution in [3.63, 3.8) is 0 Å². The molecule has 0 aromatic heterocycles. The number of aliphatic carboxylic acids is 1. The fourth-order valence-corrected chi connectivity index (χ4v) is 1.62. The summed E-state index contributed by atoms with van der Waals surface area (Å²) < 4.78 is 0. The van der Waals surface area contributed by atoms with Gasteiger partial charge in [0.2, 0.25) is 5.91 Å². The quantitative estimate of drug-likeness (QED) is 0.818. The first-order valence-corrected chi connectivity index (χ1v) is 6.26. The molecule has 5 heteroatoms. The third-order valence-electron chi connectivity index (χ3n) is 3.05. The Morgan fingerprint density at radius 3 is 2.37 bits per heavy atom. The third kappa shape index (κ3) is 4.71. The molecule has 0 bridgehead atoms. The average Bonchev–Trinajstić information content (AvgIpc) is 2.37. The molecular weight excluding hydrogens is 244 g/mol. The number of amides is 1. The van der Waals surface area contributed by atoms with E-state index in [4.69, 9.17) is 5.11 Å². The normalized spacial score (nSPS) is 12.2. The summed E-state index contributed by atoms with van der Waals surface area (Å²) in [6, 6.07) is 7.12. The van der Waals surface area contributed by atoms with E-state index >= 15 is 0 Å². The Morgan fingerprint density at radius 1 is 1.32 bits per heavy atom. The number of hydrogen-bond donors (Lipinski definition) is 2. The summed E-state index contributed by atoms with van der Waals surface area (Å²) in [7, 11) is 1.61. The number of benzene rings is 1. The fraction of sp³-hybridized carbons (Fsp3) is 0.429. The van der Waals surface area contributed by atoms with Crippen LogP contribution < -0.4 is 5.32 Å². The van der Waals surface area contributed by atoms with Crippen LogP contribution in [-0.2, 0) is 16.0 Å². The molecule has 1 aromatic rings. The van der Waals surface area contributed by atoms with Crippen molar-refractivity contribution in [2.45, 2.75) is 26.3 Å². The van der Waals surface area contributed by atoms with Gasteiger partial charge in [0.05, 0.1) is 12.6 Å². The van der Waals surface area contributed by atoms with Gasteiger partial charge in [-0.15, -0.1) is 0 Å². The van der Waals surface area contributed by atoms with E-state index in [1.54, 1.807) is 14.0 Å². The van der Waals surface area contributed by atoms with Crippen molar-refractivity contribution in [2.75, 3.05) is 18.9 Å². The maximum absolute atomic E-state index is 11.9. The Labute approximate surface area is 113 Å². The molecule has 0 saturated carbocycles. The molecule has 1 rings (SSSR count). The van der Waals surface area contributed by atoms with Gasteiger partial charge in [-0.3, -0.25) is 14.5 Å². The Bertz CT molecular complexity index is 443. The minimum Gasteiger partial charge on any atom is -0.480 e. The van der Waals surface area contributed by atoms with Crippen LogP contribution in [0.4, 0.5) is 5.69 Å². The lowest BCUT2D eigenvalue weighted by Crippen LogP contribution is -2.42. The number of rotatable bonds is 6. The molecule has 0 radical (unpaired) electrons.